The molecular weight excluding hydrogens is 176 g/mol. The van der Waals surface area contributed by atoms with Crippen molar-refractivity contribution in [3.05, 3.63) is 29.3 Å². The fourth-order valence-corrected chi connectivity index (χ4v) is 2.15. The van der Waals surface area contributed by atoms with Crippen molar-refractivity contribution in [3.8, 4) is 0 Å². The zero-order valence-corrected chi connectivity index (χ0v) is 8.45. The van der Waals surface area contributed by atoms with E-state index in [0.29, 0.717) is 6.54 Å². The van der Waals surface area contributed by atoms with Crippen molar-refractivity contribution in [2.45, 2.75) is 12.8 Å². The molecule has 1 amide bonds. The molecule has 1 heterocycles. The van der Waals surface area contributed by atoms with E-state index in [1.165, 1.54) is 0 Å². The number of nitrogens with zero attached hydrogens (tertiary/aromatic N) is 1. The minimum Gasteiger partial charge on any atom is -0.373 e. The van der Waals surface area contributed by atoms with Crippen molar-refractivity contribution < 1.29 is 4.79 Å². The Morgan fingerprint density at radius 3 is 2.93 bits per heavy atom. The number of aryl methyl sites for hydroxylation is 1. The van der Waals surface area contributed by atoms with Gasteiger partial charge in [0.2, 0.25) is 5.91 Å². The molecule has 1 aromatic rings. The minimum atomic E-state index is -0.232. The zero-order chi connectivity index (χ0) is 10.3. The third-order valence-electron chi connectivity index (χ3n) is 2.86. The molecule has 0 bridgehead atoms. The number of nitrogens with two attached hydrogens (primary N) is 1. The average Bonchev–Trinajstić information content (AvgIpc) is 2.46. The van der Waals surface area contributed by atoms with Crippen LogP contribution in [0.15, 0.2) is 18.2 Å². The van der Waals surface area contributed by atoms with Gasteiger partial charge in [-0.1, -0.05) is 12.1 Å². The molecule has 0 radical (unpaired) electrons. The fraction of sp³-hybridized carbons (Fsp3) is 0.364. The Kier molecular flexibility index (Phi) is 1.95. The third kappa shape index (κ3) is 1.16. The van der Waals surface area contributed by atoms with Crippen LogP contribution >= 0.6 is 0 Å². The van der Waals surface area contributed by atoms with Gasteiger partial charge in [-0.05, 0) is 24.1 Å². The average molecular weight is 190 g/mol. The molecule has 3 nitrogen and oxygen atoms in total. The summed E-state index contributed by atoms with van der Waals surface area (Å²) in [7, 11) is 1.99. The van der Waals surface area contributed by atoms with Crippen molar-refractivity contribution in [1.29, 1.82) is 0 Å². The van der Waals surface area contributed by atoms with Crippen molar-refractivity contribution in [2.75, 3.05) is 18.5 Å². The van der Waals surface area contributed by atoms with Crippen LogP contribution in [0, 0.1) is 6.92 Å². The number of benzene rings is 1. The Balaban J connectivity index is 2.56. The Bertz CT molecular complexity index is 387. The molecule has 1 atom stereocenters. The second kappa shape index (κ2) is 3.01. The first-order valence-corrected chi connectivity index (χ1v) is 4.71. The lowest BCUT2D eigenvalue weighted by Gasteiger charge is -2.11. The number of carbonyl (C=O) groups is 1. The van der Waals surface area contributed by atoms with Gasteiger partial charge in [0.15, 0.2) is 0 Å². The Hall–Kier alpha value is -1.51. The van der Waals surface area contributed by atoms with Crippen molar-refractivity contribution in [1.82, 2.24) is 0 Å². The molecule has 0 saturated carbocycles. The number of carbonyl (C=O) groups excluding carboxylic acids is 1. The Morgan fingerprint density at radius 2 is 2.29 bits per heavy atom. The SMILES string of the molecule is Cc1cccc2c1C(C(N)=O)CN2C. The van der Waals surface area contributed by atoms with Crippen LogP contribution in [0.3, 0.4) is 0 Å². The molecule has 74 valence electrons. The Morgan fingerprint density at radius 1 is 1.57 bits per heavy atom. The highest BCUT2D eigenvalue weighted by Crippen LogP contribution is 2.36. The highest BCUT2D eigenvalue weighted by molar-refractivity contribution is 5.87. The van der Waals surface area contributed by atoms with Crippen LogP contribution in [0.5, 0.6) is 0 Å². The van der Waals surface area contributed by atoms with E-state index in [9.17, 15) is 4.79 Å². The van der Waals surface area contributed by atoms with Crippen molar-refractivity contribution in [3.63, 3.8) is 0 Å². The van der Waals surface area contributed by atoms with E-state index in [1.807, 2.05) is 32.2 Å². The first kappa shape index (κ1) is 9.06. The first-order valence-electron chi connectivity index (χ1n) is 4.71. The van der Waals surface area contributed by atoms with E-state index in [0.717, 1.165) is 16.8 Å². The maximum Gasteiger partial charge on any atom is 0.226 e. The lowest BCUT2D eigenvalue weighted by atomic mass is 9.96. The maximum absolute atomic E-state index is 11.3. The number of hydrogen-bond acceptors (Lipinski definition) is 2. The number of likely N-dealkylation sites (N-methyl/N-ethyl adjacent to an activating group) is 1. The standard InChI is InChI=1S/C11H14N2O/c1-7-4-3-5-9-10(7)8(11(12)14)6-13(9)2/h3-5,8H,6H2,1-2H3,(H2,12,14). The molecule has 1 aromatic carbocycles. The molecule has 3 heteroatoms. The van der Waals surface area contributed by atoms with Gasteiger partial charge in [-0.15, -0.1) is 0 Å². The summed E-state index contributed by atoms with van der Waals surface area (Å²) in [6.45, 7) is 2.73. The normalized spacial score (nSPS) is 19.6. The van der Waals surface area contributed by atoms with Gasteiger partial charge in [-0.25, -0.2) is 0 Å². The van der Waals surface area contributed by atoms with Crippen molar-refractivity contribution >= 4 is 11.6 Å². The number of anilines is 1. The molecule has 0 spiro atoms. The molecule has 1 unspecified atom stereocenters. The zero-order valence-electron chi connectivity index (χ0n) is 8.45. The second-order valence-corrected chi connectivity index (χ2v) is 3.84. The summed E-state index contributed by atoms with van der Waals surface area (Å²) in [5.41, 5.74) is 8.76. The third-order valence-corrected chi connectivity index (χ3v) is 2.86. The van der Waals surface area contributed by atoms with Crippen molar-refractivity contribution in [2.24, 2.45) is 5.73 Å². The number of fused-ring (bicyclic) bond motifs is 1. The summed E-state index contributed by atoms with van der Waals surface area (Å²) in [4.78, 5) is 13.3. The molecule has 0 aromatic heterocycles. The summed E-state index contributed by atoms with van der Waals surface area (Å²) < 4.78 is 0. The summed E-state index contributed by atoms with van der Waals surface area (Å²) in [6.07, 6.45) is 0. The van der Waals surface area contributed by atoms with E-state index < -0.39 is 0 Å². The molecule has 1 aliphatic rings. The molecule has 0 aliphatic carbocycles. The highest BCUT2D eigenvalue weighted by atomic mass is 16.1. The molecule has 1 aliphatic heterocycles. The van der Waals surface area contributed by atoms with Crippen LogP contribution in [0.25, 0.3) is 0 Å². The highest BCUT2D eigenvalue weighted by Gasteiger charge is 2.31. The van der Waals surface area contributed by atoms with E-state index >= 15 is 0 Å². The molecule has 2 N–H and O–H groups in total. The number of primary amides is 1. The summed E-state index contributed by atoms with van der Waals surface area (Å²) in [5, 5.41) is 0. The van der Waals surface area contributed by atoms with Crippen LogP contribution in [0.1, 0.15) is 17.0 Å². The summed E-state index contributed by atoms with van der Waals surface area (Å²) in [5.74, 6) is -0.374. The van der Waals surface area contributed by atoms with Gasteiger partial charge in [-0.2, -0.15) is 0 Å². The van der Waals surface area contributed by atoms with Crippen LogP contribution in [0.2, 0.25) is 0 Å². The first-order chi connectivity index (χ1) is 6.61. The van der Waals surface area contributed by atoms with Crippen LogP contribution in [0.4, 0.5) is 5.69 Å². The van der Waals surface area contributed by atoms with Gasteiger partial charge >= 0.3 is 0 Å². The molecular formula is C11H14N2O. The second-order valence-electron chi connectivity index (χ2n) is 3.84. The van der Waals surface area contributed by atoms with Gasteiger partial charge in [0.1, 0.15) is 0 Å². The molecule has 0 saturated heterocycles. The largest absolute Gasteiger partial charge is 0.373 e. The van der Waals surface area contributed by atoms with Crippen LogP contribution in [-0.2, 0) is 4.79 Å². The number of hydrogen-bond donors (Lipinski definition) is 1. The Labute approximate surface area is 83.5 Å². The quantitative estimate of drug-likeness (QED) is 0.718. The molecule has 14 heavy (non-hydrogen) atoms. The predicted octanol–water partition coefficient (Wildman–Crippen LogP) is 1.01. The number of rotatable bonds is 1. The van der Waals surface area contributed by atoms with Crippen LogP contribution < -0.4 is 10.6 Å². The number of amides is 1. The van der Waals surface area contributed by atoms with Gasteiger partial charge in [0.05, 0.1) is 5.92 Å². The van der Waals surface area contributed by atoms with E-state index in [2.05, 4.69) is 4.90 Å². The maximum atomic E-state index is 11.3. The van der Waals surface area contributed by atoms with E-state index in [-0.39, 0.29) is 11.8 Å². The predicted molar refractivity (Wildman–Crippen MR) is 56.4 cm³/mol. The topological polar surface area (TPSA) is 46.3 Å². The van der Waals surface area contributed by atoms with Gasteiger partial charge in [0, 0.05) is 19.3 Å². The fourth-order valence-electron chi connectivity index (χ4n) is 2.15. The summed E-state index contributed by atoms with van der Waals surface area (Å²) >= 11 is 0. The monoisotopic (exact) mass is 190 g/mol. The minimum absolute atomic E-state index is 0.142. The lowest BCUT2D eigenvalue weighted by Crippen LogP contribution is -2.26. The van der Waals surface area contributed by atoms with Crippen LogP contribution in [-0.4, -0.2) is 19.5 Å². The summed E-state index contributed by atoms with van der Waals surface area (Å²) in [6, 6.07) is 6.06. The lowest BCUT2D eigenvalue weighted by molar-refractivity contribution is -0.119. The smallest absolute Gasteiger partial charge is 0.226 e. The van der Waals surface area contributed by atoms with Gasteiger partial charge < -0.3 is 10.6 Å². The van der Waals surface area contributed by atoms with Gasteiger partial charge in [-0.3, -0.25) is 4.79 Å². The van der Waals surface area contributed by atoms with E-state index in [1.54, 1.807) is 0 Å². The molecule has 2 rings (SSSR count). The molecule has 0 fully saturated rings. The van der Waals surface area contributed by atoms with Gasteiger partial charge in [0.25, 0.3) is 0 Å². The van der Waals surface area contributed by atoms with E-state index in [4.69, 9.17) is 5.73 Å².